The number of ether oxygens (including phenoxy) is 1. The zero-order chi connectivity index (χ0) is 14.7. The summed E-state index contributed by atoms with van der Waals surface area (Å²) in [5.41, 5.74) is 5.56. The van der Waals surface area contributed by atoms with Crippen molar-refractivity contribution in [1.82, 2.24) is 0 Å². The summed E-state index contributed by atoms with van der Waals surface area (Å²) < 4.78 is 5.10. The highest BCUT2D eigenvalue weighted by molar-refractivity contribution is 5.99. The van der Waals surface area contributed by atoms with Gasteiger partial charge in [-0.05, 0) is 24.3 Å². The van der Waals surface area contributed by atoms with Crippen molar-refractivity contribution >= 4 is 23.5 Å². The summed E-state index contributed by atoms with van der Waals surface area (Å²) in [5, 5.41) is 8.92. The van der Waals surface area contributed by atoms with Gasteiger partial charge in [0, 0.05) is 18.7 Å². The Hall–Kier alpha value is -2.57. The van der Waals surface area contributed by atoms with Crippen LogP contribution < -0.4 is 15.4 Å². The number of hydrogen-bond acceptors (Lipinski definition) is 4. The molecule has 1 fully saturated rings. The molecule has 0 bridgehead atoms. The zero-order valence-corrected chi connectivity index (χ0v) is 10.6. The first-order valence-electron chi connectivity index (χ1n) is 6.01. The van der Waals surface area contributed by atoms with E-state index < -0.39 is 17.8 Å². The number of rotatable bonds is 5. The van der Waals surface area contributed by atoms with Gasteiger partial charge in [-0.25, -0.2) is 0 Å². The van der Waals surface area contributed by atoms with Crippen molar-refractivity contribution in [3.8, 4) is 5.75 Å². The van der Waals surface area contributed by atoms with Gasteiger partial charge in [0.15, 0.2) is 6.61 Å². The van der Waals surface area contributed by atoms with Gasteiger partial charge in [-0.2, -0.15) is 0 Å². The number of benzene rings is 1. The van der Waals surface area contributed by atoms with Gasteiger partial charge in [0.05, 0.1) is 5.92 Å². The summed E-state index contributed by atoms with van der Waals surface area (Å²) in [5.74, 6) is -1.99. The van der Waals surface area contributed by atoms with Crippen LogP contribution in [0.4, 0.5) is 5.69 Å². The van der Waals surface area contributed by atoms with Crippen molar-refractivity contribution in [2.45, 2.75) is 6.42 Å². The number of hydrogen-bond donors (Lipinski definition) is 2. The molecule has 0 unspecified atom stereocenters. The first kappa shape index (κ1) is 13.9. The van der Waals surface area contributed by atoms with Gasteiger partial charge in [-0.1, -0.05) is 0 Å². The van der Waals surface area contributed by atoms with Crippen LogP contribution in [0.2, 0.25) is 0 Å². The second kappa shape index (κ2) is 5.60. The molecule has 2 amide bonds. The van der Waals surface area contributed by atoms with Gasteiger partial charge >= 0.3 is 5.97 Å². The highest BCUT2D eigenvalue weighted by atomic mass is 16.5. The van der Waals surface area contributed by atoms with Crippen LogP contribution in [0.25, 0.3) is 0 Å². The Morgan fingerprint density at radius 1 is 1.35 bits per heavy atom. The summed E-state index contributed by atoms with van der Waals surface area (Å²) in [6.45, 7) is -0.0568. The fourth-order valence-electron chi connectivity index (χ4n) is 2.00. The number of nitrogens with two attached hydrogens (primary N) is 1. The maximum Gasteiger partial charge on any atom is 0.308 e. The number of carbonyl (C=O) groups is 3. The highest BCUT2D eigenvalue weighted by Crippen LogP contribution is 2.26. The summed E-state index contributed by atoms with van der Waals surface area (Å²) in [4.78, 5) is 34.7. The molecule has 7 nitrogen and oxygen atoms in total. The van der Waals surface area contributed by atoms with Gasteiger partial charge in [0.1, 0.15) is 5.75 Å². The molecule has 0 saturated carbocycles. The third kappa shape index (κ3) is 3.05. The fourth-order valence-corrected chi connectivity index (χ4v) is 2.00. The Labute approximate surface area is 114 Å². The molecule has 1 atom stereocenters. The summed E-state index contributed by atoms with van der Waals surface area (Å²) in [6.07, 6.45) is 0.00919. The predicted molar refractivity (Wildman–Crippen MR) is 69.2 cm³/mol. The van der Waals surface area contributed by atoms with E-state index in [0.29, 0.717) is 11.4 Å². The molecule has 0 radical (unpaired) electrons. The molecule has 1 aliphatic heterocycles. The van der Waals surface area contributed by atoms with E-state index in [9.17, 15) is 14.4 Å². The molecule has 0 spiro atoms. The lowest BCUT2D eigenvalue weighted by Gasteiger charge is -2.16. The Kier molecular flexibility index (Phi) is 3.88. The number of carbonyl (C=O) groups excluding carboxylic acids is 2. The Morgan fingerprint density at radius 3 is 2.50 bits per heavy atom. The number of carboxylic acid groups (broad SMARTS) is 1. The van der Waals surface area contributed by atoms with Crippen LogP contribution in [0.1, 0.15) is 6.42 Å². The van der Waals surface area contributed by atoms with Crippen molar-refractivity contribution in [2.24, 2.45) is 11.7 Å². The van der Waals surface area contributed by atoms with Gasteiger partial charge in [0.25, 0.3) is 5.91 Å². The number of primary amides is 1. The van der Waals surface area contributed by atoms with Crippen molar-refractivity contribution in [3.63, 3.8) is 0 Å². The normalized spacial score (nSPS) is 18.1. The summed E-state index contributed by atoms with van der Waals surface area (Å²) in [6, 6.07) is 6.47. The molecule has 1 aromatic carbocycles. The van der Waals surface area contributed by atoms with Crippen molar-refractivity contribution in [2.75, 3.05) is 18.1 Å². The SMILES string of the molecule is NC(=O)COc1ccc(N2C[C@@H](C(=O)O)CC2=O)cc1. The molecule has 0 aliphatic carbocycles. The number of amides is 2. The van der Waals surface area contributed by atoms with Crippen LogP contribution in [0.15, 0.2) is 24.3 Å². The third-order valence-electron chi connectivity index (χ3n) is 3.00. The minimum atomic E-state index is -0.970. The Morgan fingerprint density at radius 2 is 2.00 bits per heavy atom. The number of anilines is 1. The molecular weight excluding hydrogens is 264 g/mol. The number of carboxylic acids is 1. The first-order chi connectivity index (χ1) is 9.47. The Balaban J connectivity index is 2.05. The monoisotopic (exact) mass is 278 g/mol. The molecule has 1 aromatic rings. The lowest BCUT2D eigenvalue weighted by Crippen LogP contribution is -2.25. The quantitative estimate of drug-likeness (QED) is 0.787. The van der Waals surface area contributed by atoms with E-state index in [0.717, 1.165) is 0 Å². The van der Waals surface area contributed by atoms with Gasteiger partial charge in [-0.15, -0.1) is 0 Å². The van der Waals surface area contributed by atoms with Crippen molar-refractivity contribution in [3.05, 3.63) is 24.3 Å². The average Bonchev–Trinajstić information content (AvgIpc) is 2.79. The van der Waals surface area contributed by atoms with Gasteiger partial charge < -0.3 is 20.5 Å². The van der Waals surface area contributed by atoms with E-state index in [-0.39, 0.29) is 25.5 Å². The van der Waals surface area contributed by atoms with Gasteiger partial charge in [-0.3, -0.25) is 14.4 Å². The summed E-state index contributed by atoms with van der Waals surface area (Å²) >= 11 is 0. The van der Waals surface area contributed by atoms with E-state index in [1.807, 2.05) is 0 Å². The molecule has 1 heterocycles. The molecule has 7 heteroatoms. The molecule has 3 N–H and O–H groups in total. The maximum absolute atomic E-state index is 11.8. The molecule has 1 saturated heterocycles. The minimum Gasteiger partial charge on any atom is -0.484 e. The fraction of sp³-hybridized carbons (Fsp3) is 0.308. The largest absolute Gasteiger partial charge is 0.484 e. The number of nitrogens with zero attached hydrogens (tertiary/aromatic N) is 1. The predicted octanol–water partition coefficient (Wildman–Crippen LogP) is -0.0118. The zero-order valence-electron chi connectivity index (χ0n) is 10.6. The van der Waals surface area contributed by atoms with E-state index in [1.165, 1.54) is 4.90 Å². The molecule has 1 aliphatic rings. The first-order valence-corrected chi connectivity index (χ1v) is 6.01. The van der Waals surface area contributed by atoms with E-state index >= 15 is 0 Å². The minimum absolute atomic E-state index is 0.00919. The lowest BCUT2D eigenvalue weighted by atomic mass is 10.1. The van der Waals surface area contributed by atoms with Crippen molar-refractivity contribution in [1.29, 1.82) is 0 Å². The Bertz CT molecular complexity index is 540. The van der Waals surface area contributed by atoms with Crippen LogP contribution in [-0.4, -0.2) is 36.0 Å². The van der Waals surface area contributed by atoms with E-state index in [2.05, 4.69) is 0 Å². The van der Waals surface area contributed by atoms with Gasteiger partial charge in [0.2, 0.25) is 5.91 Å². The maximum atomic E-state index is 11.8. The van der Waals surface area contributed by atoms with Crippen LogP contribution in [0.5, 0.6) is 5.75 Å². The molecule has 106 valence electrons. The van der Waals surface area contributed by atoms with E-state index in [1.54, 1.807) is 24.3 Å². The summed E-state index contributed by atoms with van der Waals surface area (Å²) in [7, 11) is 0. The smallest absolute Gasteiger partial charge is 0.308 e. The van der Waals surface area contributed by atoms with Crippen molar-refractivity contribution < 1.29 is 24.2 Å². The molecule has 0 aromatic heterocycles. The van der Waals surface area contributed by atoms with Crippen LogP contribution in [0, 0.1) is 5.92 Å². The lowest BCUT2D eigenvalue weighted by molar-refractivity contribution is -0.141. The van der Waals surface area contributed by atoms with E-state index in [4.69, 9.17) is 15.6 Å². The van der Waals surface area contributed by atoms with Crippen LogP contribution >= 0.6 is 0 Å². The highest BCUT2D eigenvalue weighted by Gasteiger charge is 2.34. The standard InChI is InChI=1S/C13H14N2O5/c14-11(16)7-20-10-3-1-9(2-4-10)15-6-8(13(18)19)5-12(15)17/h1-4,8H,5-7H2,(H2,14,16)(H,18,19)/t8-/m0/s1. The molecule has 2 rings (SSSR count). The topological polar surface area (TPSA) is 110 Å². The molecular formula is C13H14N2O5. The third-order valence-corrected chi connectivity index (χ3v) is 3.00. The van der Waals surface area contributed by atoms with Crippen LogP contribution in [0.3, 0.4) is 0 Å². The second-order valence-corrected chi connectivity index (χ2v) is 4.49. The number of aliphatic carboxylic acids is 1. The molecule has 20 heavy (non-hydrogen) atoms. The average molecular weight is 278 g/mol. The second-order valence-electron chi connectivity index (χ2n) is 4.49. The van der Waals surface area contributed by atoms with Crippen LogP contribution in [-0.2, 0) is 14.4 Å².